The van der Waals surface area contributed by atoms with Crippen LogP contribution in [-0.4, -0.2) is 36.6 Å². The van der Waals surface area contributed by atoms with Crippen molar-refractivity contribution in [3.8, 4) is 0 Å². The predicted molar refractivity (Wildman–Crippen MR) is 112 cm³/mol. The van der Waals surface area contributed by atoms with Crippen LogP contribution in [-0.2, 0) is 0 Å². The molecule has 1 heterocycles. The molecule has 1 aliphatic rings. The average Bonchev–Trinajstić information content (AvgIpc) is 3.15. The Morgan fingerprint density at radius 2 is 2.32 bits per heavy atom. The first-order chi connectivity index (χ1) is 10.2. The van der Waals surface area contributed by atoms with Crippen molar-refractivity contribution < 1.29 is 0 Å². The molecule has 1 saturated carbocycles. The summed E-state index contributed by atoms with van der Waals surface area (Å²) in [6, 6.07) is 4.90. The van der Waals surface area contributed by atoms with Crippen molar-refractivity contribution in [3.63, 3.8) is 0 Å². The van der Waals surface area contributed by atoms with Crippen molar-refractivity contribution in [3.05, 3.63) is 22.4 Å². The van der Waals surface area contributed by atoms with E-state index in [0.717, 1.165) is 17.8 Å². The maximum Gasteiger partial charge on any atom is 0.191 e. The summed E-state index contributed by atoms with van der Waals surface area (Å²) >= 11 is 3.92. The molecule has 1 aliphatic carbocycles. The van der Waals surface area contributed by atoms with Crippen LogP contribution < -0.4 is 10.6 Å². The highest BCUT2D eigenvalue weighted by atomic mass is 127. The smallest absolute Gasteiger partial charge is 0.191 e. The van der Waals surface area contributed by atoms with Gasteiger partial charge in [-0.15, -0.1) is 35.3 Å². The summed E-state index contributed by atoms with van der Waals surface area (Å²) in [5.41, 5.74) is 0. The lowest BCUT2D eigenvalue weighted by Crippen LogP contribution is -2.43. The summed E-state index contributed by atoms with van der Waals surface area (Å²) < 4.78 is 0. The summed E-state index contributed by atoms with van der Waals surface area (Å²) in [7, 11) is 1.86. The van der Waals surface area contributed by atoms with Crippen molar-refractivity contribution in [1.29, 1.82) is 0 Å². The van der Waals surface area contributed by atoms with Gasteiger partial charge in [0.25, 0.3) is 0 Å². The van der Waals surface area contributed by atoms with Crippen LogP contribution in [0.3, 0.4) is 0 Å². The SMILES string of the molecule is CCSC1CCC(NC(=NC)NCC(C)c2cccs2)C1.I. The van der Waals surface area contributed by atoms with Crippen LogP contribution in [0, 0.1) is 0 Å². The van der Waals surface area contributed by atoms with Crippen molar-refractivity contribution >= 4 is 53.0 Å². The molecule has 0 aromatic carbocycles. The quantitative estimate of drug-likeness (QED) is 0.383. The standard InChI is InChI=1S/C16H27N3S2.HI/c1-4-20-14-8-7-13(10-14)19-16(17-3)18-11-12(2)15-6-5-9-21-15;/h5-6,9,12-14H,4,7-8,10-11H2,1-3H3,(H2,17,18,19);1H. The second kappa shape index (κ2) is 10.8. The zero-order chi connectivity index (χ0) is 15.1. The number of rotatable bonds is 6. The molecule has 6 heteroatoms. The third-order valence-corrected chi connectivity index (χ3v) is 6.29. The summed E-state index contributed by atoms with van der Waals surface area (Å²) in [6.45, 7) is 5.44. The summed E-state index contributed by atoms with van der Waals surface area (Å²) in [4.78, 5) is 5.80. The number of nitrogens with one attached hydrogen (secondary N) is 2. The Labute approximate surface area is 160 Å². The molecule has 3 nitrogen and oxygen atoms in total. The average molecular weight is 453 g/mol. The maximum atomic E-state index is 4.37. The van der Waals surface area contributed by atoms with Crippen LogP contribution >= 0.6 is 47.1 Å². The van der Waals surface area contributed by atoms with Crippen molar-refractivity contribution in [1.82, 2.24) is 10.6 Å². The van der Waals surface area contributed by atoms with Gasteiger partial charge in [-0.25, -0.2) is 0 Å². The summed E-state index contributed by atoms with van der Waals surface area (Å²) in [5.74, 6) is 2.70. The molecule has 0 radical (unpaired) electrons. The van der Waals surface area contributed by atoms with Crippen LogP contribution in [0.25, 0.3) is 0 Å². The van der Waals surface area contributed by atoms with Gasteiger partial charge in [-0.05, 0) is 36.5 Å². The molecule has 3 unspecified atom stereocenters. The predicted octanol–water partition coefficient (Wildman–Crippen LogP) is 4.31. The Bertz CT molecular complexity index is 437. The van der Waals surface area contributed by atoms with Gasteiger partial charge in [0.15, 0.2) is 5.96 Å². The van der Waals surface area contributed by atoms with Gasteiger partial charge in [0.05, 0.1) is 0 Å². The minimum absolute atomic E-state index is 0. The Morgan fingerprint density at radius 3 is 2.95 bits per heavy atom. The molecule has 2 rings (SSSR count). The molecule has 1 fully saturated rings. The Kier molecular flexibility index (Phi) is 9.82. The highest BCUT2D eigenvalue weighted by Gasteiger charge is 2.25. The third kappa shape index (κ3) is 6.28. The van der Waals surface area contributed by atoms with Gasteiger partial charge < -0.3 is 10.6 Å². The van der Waals surface area contributed by atoms with Crippen molar-refractivity contribution in [2.45, 2.75) is 50.3 Å². The molecular weight excluding hydrogens is 425 g/mol. The van der Waals surface area contributed by atoms with Gasteiger partial charge in [0.1, 0.15) is 0 Å². The maximum absolute atomic E-state index is 4.37. The van der Waals surface area contributed by atoms with Crippen LogP contribution in [0.4, 0.5) is 0 Å². The molecule has 0 amide bonds. The fourth-order valence-electron chi connectivity index (χ4n) is 2.77. The molecule has 0 saturated heterocycles. The number of aliphatic imine (C=N–C) groups is 1. The van der Waals surface area contributed by atoms with Crippen LogP contribution in [0.2, 0.25) is 0 Å². The van der Waals surface area contributed by atoms with Crippen molar-refractivity contribution in [2.24, 2.45) is 4.99 Å². The van der Waals surface area contributed by atoms with Crippen LogP contribution in [0.1, 0.15) is 43.9 Å². The number of halogens is 1. The first kappa shape index (κ1) is 20.1. The monoisotopic (exact) mass is 453 g/mol. The number of hydrogen-bond donors (Lipinski definition) is 2. The topological polar surface area (TPSA) is 36.4 Å². The minimum atomic E-state index is 0. The molecule has 2 N–H and O–H groups in total. The molecule has 0 spiro atoms. The second-order valence-electron chi connectivity index (χ2n) is 5.60. The Hall–Kier alpha value is 0.0500. The van der Waals surface area contributed by atoms with E-state index < -0.39 is 0 Å². The van der Waals surface area contributed by atoms with Gasteiger partial charge in [0.2, 0.25) is 0 Å². The molecule has 3 atom stereocenters. The Morgan fingerprint density at radius 1 is 1.50 bits per heavy atom. The molecule has 22 heavy (non-hydrogen) atoms. The lowest BCUT2D eigenvalue weighted by molar-refractivity contribution is 0.607. The molecule has 0 aliphatic heterocycles. The Balaban J connectivity index is 0.00000242. The third-order valence-electron chi connectivity index (χ3n) is 3.96. The van der Waals surface area contributed by atoms with E-state index in [-0.39, 0.29) is 24.0 Å². The number of guanidine groups is 1. The highest BCUT2D eigenvalue weighted by molar-refractivity contribution is 14.0. The zero-order valence-electron chi connectivity index (χ0n) is 13.7. The van der Waals surface area contributed by atoms with E-state index in [9.17, 15) is 0 Å². The zero-order valence-corrected chi connectivity index (χ0v) is 17.6. The minimum Gasteiger partial charge on any atom is -0.356 e. The van der Waals surface area contributed by atoms with E-state index in [2.05, 4.69) is 58.7 Å². The van der Waals surface area contributed by atoms with Crippen LogP contribution in [0.15, 0.2) is 22.5 Å². The summed E-state index contributed by atoms with van der Waals surface area (Å²) in [5, 5.41) is 10.0. The first-order valence-corrected chi connectivity index (χ1v) is 9.78. The first-order valence-electron chi connectivity index (χ1n) is 7.85. The number of thioether (sulfide) groups is 1. The molecule has 1 aromatic heterocycles. The van der Waals surface area contributed by atoms with E-state index in [1.807, 2.05) is 18.4 Å². The van der Waals surface area contributed by atoms with Crippen LogP contribution in [0.5, 0.6) is 0 Å². The van der Waals surface area contributed by atoms with Gasteiger partial charge in [-0.3, -0.25) is 4.99 Å². The van der Waals surface area contributed by atoms with E-state index in [4.69, 9.17) is 0 Å². The highest BCUT2D eigenvalue weighted by Crippen LogP contribution is 2.29. The molecular formula is C16H28IN3S2. The van der Waals surface area contributed by atoms with E-state index in [1.165, 1.54) is 29.9 Å². The van der Waals surface area contributed by atoms with Gasteiger partial charge in [-0.2, -0.15) is 11.8 Å². The molecule has 126 valence electrons. The van der Waals surface area contributed by atoms with E-state index in [0.29, 0.717) is 12.0 Å². The number of hydrogen-bond acceptors (Lipinski definition) is 3. The van der Waals surface area contributed by atoms with Gasteiger partial charge >= 0.3 is 0 Å². The lowest BCUT2D eigenvalue weighted by atomic mass is 10.1. The van der Waals surface area contributed by atoms with Crippen molar-refractivity contribution in [2.75, 3.05) is 19.3 Å². The lowest BCUT2D eigenvalue weighted by Gasteiger charge is -2.19. The van der Waals surface area contributed by atoms with E-state index in [1.54, 1.807) is 0 Å². The number of thiophene rings is 1. The fraction of sp³-hybridized carbons (Fsp3) is 0.688. The second-order valence-corrected chi connectivity index (χ2v) is 8.16. The molecule has 0 bridgehead atoms. The van der Waals surface area contributed by atoms with Gasteiger partial charge in [-0.1, -0.05) is 19.9 Å². The largest absolute Gasteiger partial charge is 0.356 e. The van der Waals surface area contributed by atoms with Gasteiger partial charge in [0, 0.05) is 35.7 Å². The normalized spacial score (nSPS) is 23.0. The van der Waals surface area contributed by atoms with E-state index >= 15 is 0 Å². The summed E-state index contributed by atoms with van der Waals surface area (Å²) in [6.07, 6.45) is 3.86. The molecule has 1 aromatic rings. The fourth-order valence-corrected chi connectivity index (χ4v) is 4.70. The number of nitrogens with zero attached hydrogens (tertiary/aromatic N) is 1.